The monoisotopic (exact) mass is 609 g/mol. The first-order chi connectivity index (χ1) is 22.9. The minimum absolute atomic E-state index is 0.0633. The first-order valence-corrected chi connectivity index (χ1v) is 17.2. The Labute approximate surface area is 280 Å². The molecule has 0 amide bonds. The van der Waals surface area contributed by atoms with Gasteiger partial charge in [-0.1, -0.05) is 143 Å². The lowest BCUT2D eigenvalue weighted by Crippen LogP contribution is -2.23. The molecule has 1 heteroatoms. The minimum atomic E-state index is -0.117. The molecule has 0 N–H and O–H groups in total. The minimum Gasteiger partial charge on any atom is -0.310 e. The maximum absolute atomic E-state index is 2.61. The second-order valence-electron chi connectivity index (χ2n) is 14.4. The SMILES string of the molecule is CCC1(C)CC2=CC(C/C=C\C=C/2)c2cc3c(cc21)-c1c(N(c2ccccc2)c2ccc(-c4ccccc4)cc2)cccc1C3(C)C. The number of hydrogen-bond donors (Lipinski definition) is 0. The van der Waals surface area contributed by atoms with Crippen LogP contribution in [0.25, 0.3) is 22.3 Å². The summed E-state index contributed by atoms with van der Waals surface area (Å²) in [6, 6.07) is 42.8. The van der Waals surface area contributed by atoms with Crippen LogP contribution in [0.3, 0.4) is 0 Å². The number of fused-ring (bicyclic) bond motifs is 6. The molecular formula is C46H43N. The third kappa shape index (κ3) is 4.92. The van der Waals surface area contributed by atoms with E-state index in [-0.39, 0.29) is 10.8 Å². The van der Waals surface area contributed by atoms with Gasteiger partial charge in [0.25, 0.3) is 0 Å². The summed E-state index contributed by atoms with van der Waals surface area (Å²) in [5.74, 6) is 0.391. The van der Waals surface area contributed by atoms with Crippen molar-refractivity contribution in [3.8, 4) is 22.3 Å². The van der Waals surface area contributed by atoms with Gasteiger partial charge in [-0.15, -0.1) is 0 Å². The molecule has 8 rings (SSSR count). The van der Waals surface area contributed by atoms with E-state index in [1.54, 1.807) is 0 Å². The molecule has 0 spiro atoms. The first-order valence-electron chi connectivity index (χ1n) is 17.2. The molecule has 0 aliphatic heterocycles. The number of hydrogen-bond acceptors (Lipinski definition) is 1. The van der Waals surface area contributed by atoms with E-state index in [9.17, 15) is 0 Å². The van der Waals surface area contributed by atoms with Crippen LogP contribution in [-0.4, -0.2) is 0 Å². The summed E-state index contributed by atoms with van der Waals surface area (Å²) in [6.45, 7) is 9.71. The van der Waals surface area contributed by atoms with Crippen molar-refractivity contribution >= 4 is 17.1 Å². The summed E-state index contributed by atoms with van der Waals surface area (Å²) in [4.78, 5) is 2.46. The van der Waals surface area contributed by atoms with Crippen LogP contribution in [0.5, 0.6) is 0 Å². The van der Waals surface area contributed by atoms with Crippen LogP contribution in [0.2, 0.25) is 0 Å². The summed E-state index contributed by atoms with van der Waals surface area (Å²) in [6.07, 6.45) is 14.9. The average molecular weight is 610 g/mol. The van der Waals surface area contributed by atoms with Crippen LogP contribution in [0.4, 0.5) is 17.1 Å². The second-order valence-corrected chi connectivity index (χ2v) is 14.4. The van der Waals surface area contributed by atoms with E-state index in [2.05, 4.69) is 178 Å². The van der Waals surface area contributed by atoms with Crippen molar-refractivity contribution in [2.45, 2.75) is 63.7 Å². The topological polar surface area (TPSA) is 3.24 Å². The van der Waals surface area contributed by atoms with Gasteiger partial charge >= 0.3 is 0 Å². The summed E-state index contributed by atoms with van der Waals surface area (Å²) in [7, 11) is 0. The van der Waals surface area contributed by atoms with Crippen LogP contribution < -0.4 is 4.90 Å². The first kappa shape index (κ1) is 29.5. The van der Waals surface area contributed by atoms with Crippen LogP contribution in [0.1, 0.15) is 75.1 Å². The summed E-state index contributed by atoms with van der Waals surface area (Å²) >= 11 is 0. The standard InChI is InChI=1S/C46H43N/c1-5-46(4)31-32-16-9-6-12-19-35(28-32)38-29-41-39(30-42(38)46)44-40(45(41,2)3)22-15-23-43(44)47(36-20-13-8-14-21-36)37-26-24-34(25-27-37)33-17-10-7-11-18-33/h6-18,20-30,35H,5,19,31H2,1-4H3/b12-6-,16-9-. The molecule has 0 saturated heterocycles. The lowest BCUT2D eigenvalue weighted by molar-refractivity contribution is 0.453. The second kappa shape index (κ2) is 11.4. The van der Waals surface area contributed by atoms with E-state index in [4.69, 9.17) is 0 Å². The van der Waals surface area contributed by atoms with Crippen molar-refractivity contribution in [1.82, 2.24) is 0 Å². The molecule has 5 aromatic carbocycles. The Morgan fingerprint density at radius 3 is 2.13 bits per heavy atom. The normalized spacial score (nSPS) is 21.6. The molecule has 1 nitrogen and oxygen atoms in total. The van der Waals surface area contributed by atoms with Crippen molar-refractivity contribution in [2.24, 2.45) is 0 Å². The maximum atomic E-state index is 2.61. The smallest absolute Gasteiger partial charge is 0.0543 e. The molecule has 47 heavy (non-hydrogen) atoms. The fourth-order valence-electron chi connectivity index (χ4n) is 8.34. The molecule has 0 fully saturated rings. The Hall–Kier alpha value is -4.88. The Morgan fingerprint density at radius 2 is 1.38 bits per heavy atom. The van der Waals surface area contributed by atoms with E-state index in [0.29, 0.717) is 5.92 Å². The maximum Gasteiger partial charge on any atom is 0.0543 e. The molecule has 0 heterocycles. The highest BCUT2D eigenvalue weighted by atomic mass is 15.1. The number of nitrogens with zero attached hydrogens (tertiary/aromatic N) is 1. The van der Waals surface area contributed by atoms with Gasteiger partial charge in [0.1, 0.15) is 0 Å². The van der Waals surface area contributed by atoms with Gasteiger partial charge in [-0.3, -0.25) is 0 Å². The van der Waals surface area contributed by atoms with E-state index in [0.717, 1.165) is 24.9 Å². The molecule has 0 radical (unpaired) electrons. The number of rotatable bonds is 5. The quantitative estimate of drug-likeness (QED) is 0.192. The fourth-order valence-corrected chi connectivity index (χ4v) is 8.34. The molecule has 0 saturated carbocycles. The summed E-state index contributed by atoms with van der Waals surface area (Å²) < 4.78 is 0. The van der Waals surface area contributed by atoms with E-state index in [1.807, 2.05) is 0 Å². The van der Waals surface area contributed by atoms with Crippen molar-refractivity contribution in [3.63, 3.8) is 0 Å². The van der Waals surface area contributed by atoms with Gasteiger partial charge in [-0.05, 0) is 100 Å². The van der Waals surface area contributed by atoms with Gasteiger partial charge < -0.3 is 4.90 Å². The zero-order chi connectivity index (χ0) is 32.2. The molecule has 0 aromatic heterocycles. The predicted molar refractivity (Wildman–Crippen MR) is 200 cm³/mol. The van der Waals surface area contributed by atoms with Gasteiger partial charge in [0, 0.05) is 28.3 Å². The van der Waals surface area contributed by atoms with Crippen molar-refractivity contribution in [3.05, 3.63) is 173 Å². The Balaban J connectivity index is 1.34. The highest BCUT2D eigenvalue weighted by Crippen LogP contribution is 2.57. The highest BCUT2D eigenvalue weighted by Gasteiger charge is 2.41. The number of para-hydroxylation sites is 1. The zero-order valence-corrected chi connectivity index (χ0v) is 28.0. The number of anilines is 3. The zero-order valence-electron chi connectivity index (χ0n) is 28.0. The third-order valence-corrected chi connectivity index (χ3v) is 11.1. The molecule has 232 valence electrons. The van der Waals surface area contributed by atoms with Crippen LogP contribution >= 0.6 is 0 Å². The predicted octanol–water partition coefficient (Wildman–Crippen LogP) is 12.7. The van der Waals surface area contributed by atoms with Crippen LogP contribution in [0.15, 0.2) is 151 Å². The molecular weight excluding hydrogens is 567 g/mol. The van der Waals surface area contributed by atoms with Crippen LogP contribution in [-0.2, 0) is 10.8 Å². The highest BCUT2D eigenvalue weighted by molar-refractivity contribution is 5.95. The number of benzene rings is 5. The lowest BCUT2D eigenvalue weighted by Gasteiger charge is -2.32. The fraction of sp³-hybridized carbons (Fsp3) is 0.217. The van der Waals surface area contributed by atoms with E-state index in [1.165, 1.54) is 61.5 Å². The number of allylic oxidation sites excluding steroid dienone is 6. The summed E-state index contributed by atoms with van der Waals surface area (Å²) in [5.41, 5.74) is 16.1. The van der Waals surface area contributed by atoms with Gasteiger partial charge in [0.2, 0.25) is 0 Å². The van der Waals surface area contributed by atoms with Crippen molar-refractivity contribution < 1.29 is 0 Å². The van der Waals surface area contributed by atoms with Gasteiger partial charge in [-0.25, -0.2) is 0 Å². The van der Waals surface area contributed by atoms with Gasteiger partial charge in [0.15, 0.2) is 0 Å². The molecule has 5 aromatic rings. The molecule has 3 aliphatic carbocycles. The van der Waals surface area contributed by atoms with E-state index < -0.39 is 0 Å². The largest absolute Gasteiger partial charge is 0.310 e. The van der Waals surface area contributed by atoms with E-state index >= 15 is 0 Å². The molecule has 2 bridgehead atoms. The van der Waals surface area contributed by atoms with Crippen molar-refractivity contribution in [1.29, 1.82) is 0 Å². The van der Waals surface area contributed by atoms with Crippen molar-refractivity contribution in [2.75, 3.05) is 4.90 Å². The van der Waals surface area contributed by atoms with Gasteiger partial charge in [0.05, 0.1) is 5.69 Å². The Morgan fingerprint density at radius 1 is 0.681 bits per heavy atom. The molecule has 2 atom stereocenters. The molecule has 3 aliphatic rings. The Bertz CT molecular complexity index is 2040. The summed E-state index contributed by atoms with van der Waals surface area (Å²) in [5, 5.41) is 0. The average Bonchev–Trinajstić information content (AvgIpc) is 3.23. The molecule has 2 unspecified atom stereocenters. The lowest BCUT2D eigenvalue weighted by atomic mass is 9.71. The van der Waals surface area contributed by atoms with Crippen LogP contribution in [0, 0.1) is 0 Å². The van der Waals surface area contributed by atoms with Gasteiger partial charge in [-0.2, -0.15) is 0 Å². The Kier molecular flexibility index (Phi) is 7.17. The third-order valence-electron chi connectivity index (χ3n) is 11.1.